The summed E-state index contributed by atoms with van der Waals surface area (Å²) in [6.07, 6.45) is 8.93. The van der Waals surface area contributed by atoms with Crippen LogP contribution in [0.15, 0.2) is 17.2 Å². The number of amides is 1. The van der Waals surface area contributed by atoms with Crippen LogP contribution in [0, 0.1) is 0 Å². The van der Waals surface area contributed by atoms with Gasteiger partial charge in [-0.2, -0.15) is 5.10 Å². The van der Waals surface area contributed by atoms with E-state index in [4.69, 9.17) is 4.74 Å². The summed E-state index contributed by atoms with van der Waals surface area (Å²) in [6.45, 7) is 2.32. The van der Waals surface area contributed by atoms with E-state index >= 15 is 0 Å². The lowest BCUT2D eigenvalue weighted by Crippen LogP contribution is -2.55. The molecule has 4 aliphatic rings. The van der Waals surface area contributed by atoms with Crippen molar-refractivity contribution in [3.05, 3.63) is 17.7 Å². The van der Waals surface area contributed by atoms with Crippen molar-refractivity contribution in [1.82, 2.24) is 5.43 Å². The monoisotopic (exact) mass is 354 g/mol. The van der Waals surface area contributed by atoms with Gasteiger partial charge in [-0.1, -0.05) is 12.8 Å². The SMILES string of the molecule is CC1C(=O)NN=C2COc3cc(C4CCCC4)c(NC4CCC4)cc3N21. The number of benzene rings is 1. The van der Waals surface area contributed by atoms with E-state index in [1.165, 1.54) is 56.2 Å². The van der Waals surface area contributed by atoms with Crippen LogP contribution in [0.2, 0.25) is 0 Å². The smallest absolute Gasteiger partial charge is 0.262 e. The summed E-state index contributed by atoms with van der Waals surface area (Å²) < 4.78 is 6.03. The van der Waals surface area contributed by atoms with Crippen molar-refractivity contribution in [1.29, 1.82) is 0 Å². The van der Waals surface area contributed by atoms with Crippen LogP contribution in [0.1, 0.15) is 63.4 Å². The van der Waals surface area contributed by atoms with Crippen molar-refractivity contribution >= 4 is 23.1 Å². The lowest BCUT2D eigenvalue weighted by Gasteiger charge is -2.39. The minimum Gasteiger partial charge on any atom is -0.483 e. The van der Waals surface area contributed by atoms with E-state index in [1.54, 1.807) is 0 Å². The Morgan fingerprint density at radius 3 is 2.73 bits per heavy atom. The zero-order valence-corrected chi connectivity index (χ0v) is 15.3. The van der Waals surface area contributed by atoms with Gasteiger partial charge in [-0.15, -0.1) is 0 Å². The molecule has 1 aromatic rings. The lowest BCUT2D eigenvalue weighted by atomic mass is 9.90. The van der Waals surface area contributed by atoms with Crippen LogP contribution in [0.5, 0.6) is 5.75 Å². The first kappa shape index (κ1) is 16.0. The first-order valence-electron chi connectivity index (χ1n) is 9.93. The van der Waals surface area contributed by atoms with Gasteiger partial charge in [0.05, 0.1) is 5.69 Å². The minimum atomic E-state index is -0.279. The van der Waals surface area contributed by atoms with E-state index in [0.717, 1.165) is 17.3 Å². The Morgan fingerprint density at radius 1 is 1.19 bits per heavy atom. The van der Waals surface area contributed by atoms with E-state index in [1.807, 2.05) is 11.8 Å². The zero-order valence-electron chi connectivity index (χ0n) is 15.3. The number of ether oxygens (including phenoxy) is 1. The second-order valence-corrected chi connectivity index (χ2v) is 8.00. The summed E-state index contributed by atoms with van der Waals surface area (Å²) in [5, 5.41) is 7.97. The van der Waals surface area contributed by atoms with Crippen molar-refractivity contribution in [3.63, 3.8) is 0 Å². The Bertz CT molecular complexity index is 765. The number of rotatable bonds is 3. The lowest BCUT2D eigenvalue weighted by molar-refractivity contribution is -0.122. The molecule has 6 nitrogen and oxygen atoms in total. The molecule has 2 fully saturated rings. The van der Waals surface area contributed by atoms with Gasteiger partial charge in [0.2, 0.25) is 0 Å². The van der Waals surface area contributed by atoms with Gasteiger partial charge in [0, 0.05) is 11.7 Å². The number of anilines is 2. The fourth-order valence-electron chi connectivity index (χ4n) is 4.56. The normalized spacial score (nSPS) is 25.6. The predicted molar refractivity (Wildman–Crippen MR) is 102 cm³/mol. The van der Waals surface area contributed by atoms with Crippen molar-refractivity contribution in [2.75, 3.05) is 16.8 Å². The topological polar surface area (TPSA) is 66.0 Å². The molecule has 5 rings (SSSR count). The maximum absolute atomic E-state index is 12.1. The fraction of sp³-hybridized carbons (Fsp3) is 0.600. The van der Waals surface area contributed by atoms with Gasteiger partial charge < -0.3 is 15.0 Å². The van der Waals surface area contributed by atoms with Crippen LogP contribution in [-0.4, -0.2) is 30.4 Å². The number of hydrazone groups is 1. The highest BCUT2D eigenvalue weighted by atomic mass is 16.5. The van der Waals surface area contributed by atoms with Gasteiger partial charge in [-0.25, -0.2) is 5.43 Å². The molecule has 1 aromatic carbocycles. The minimum absolute atomic E-state index is 0.0741. The first-order chi connectivity index (χ1) is 12.7. The molecule has 0 spiro atoms. The molecular weight excluding hydrogens is 328 g/mol. The number of carbonyl (C=O) groups is 1. The zero-order chi connectivity index (χ0) is 17.7. The van der Waals surface area contributed by atoms with E-state index in [9.17, 15) is 4.79 Å². The second kappa shape index (κ2) is 6.18. The Kier molecular flexibility index (Phi) is 3.80. The molecule has 1 atom stereocenters. The number of fused-ring (bicyclic) bond motifs is 3. The third kappa shape index (κ3) is 2.54. The Balaban J connectivity index is 1.58. The third-order valence-electron chi connectivity index (χ3n) is 6.35. The molecule has 0 saturated heterocycles. The highest BCUT2D eigenvalue weighted by molar-refractivity contribution is 6.09. The van der Waals surface area contributed by atoms with E-state index < -0.39 is 0 Å². The molecule has 2 saturated carbocycles. The summed E-state index contributed by atoms with van der Waals surface area (Å²) in [5.41, 5.74) is 6.17. The molecule has 1 amide bonds. The van der Waals surface area contributed by atoms with Crippen LogP contribution in [0.4, 0.5) is 11.4 Å². The number of amidine groups is 1. The average Bonchev–Trinajstić information content (AvgIpc) is 3.14. The van der Waals surface area contributed by atoms with Crippen LogP contribution in [0.3, 0.4) is 0 Å². The van der Waals surface area contributed by atoms with Crippen molar-refractivity contribution < 1.29 is 9.53 Å². The molecular formula is C20H26N4O2. The molecule has 2 aliphatic heterocycles. The number of nitrogens with zero attached hydrogens (tertiary/aromatic N) is 2. The Morgan fingerprint density at radius 2 is 2.00 bits per heavy atom. The molecule has 0 aromatic heterocycles. The Labute approximate surface area is 154 Å². The van der Waals surface area contributed by atoms with Crippen LogP contribution in [-0.2, 0) is 4.79 Å². The van der Waals surface area contributed by atoms with Gasteiger partial charge in [0.15, 0.2) is 5.84 Å². The average molecular weight is 354 g/mol. The number of carbonyl (C=O) groups excluding carboxylic acids is 1. The number of hydrogen-bond acceptors (Lipinski definition) is 5. The molecule has 6 heteroatoms. The maximum atomic E-state index is 12.1. The van der Waals surface area contributed by atoms with Gasteiger partial charge in [-0.05, 0) is 62.6 Å². The summed E-state index contributed by atoms with van der Waals surface area (Å²) in [7, 11) is 0. The van der Waals surface area contributed by atoms with Crippen LogP contribution in [0.25, 0.3) is 0 Å². The van der Waals surface area contributed by atoms with E-state index in [2.05, 4.69) is 28.0 Å². The molecule has 0 bridgehead atoms. The van der Waals surface area contributed by atoms with Gasteiger partial charge in [-0.3, -0.25) is 4.79 Å². The standard InChI is InChI=1S/C20H26N4O2/c1-12-20(25)23-22-19-11-26-18-9-15(13-5-2-3-6-13)16(10-17(18)24(12)19)21-14-7-4-8-14/h9-10,12-14,21H,2-8,11H2,1H3,(H,23,25). The first-order valence-corrected chi connectivity index (χ1v) is 9.93. The van der Waals surface area contributed by atoms with Crippen LogP contribution < -0.4 is 20.4 Å². The molecule has 26 heavy (non-hydrogen) atoms. The van der Waals surface area contributed by atoms with Gasteiger partial charge in [0.25, 0.3) is 5.91 Å². The predicted octanol–water partition coefficient (Wildman–Crippen LogP) is 3.34. The van der Waals surface area contributed by atoms with Crippen molar-refractivity contribution in [2.45, 2.75) is 69.9 Å². The van der Waals surface area contributed by atoms with Gasteiger partial charge >= 0.3 is 0 Å². The molecule has 2 N–H and O–H groups in total. The maximum Gasteiger partial charge on any atom is 0.262 e. The largest absolute Gasteiger partial charge is 0.483 e. The summed E-state index contributed by atoms with van der Waals surface area (Å²) in [6, 6.07) is 4.72. The van der Waals surface area contributed by atoms with E-state index in [0.29, 0.717) is 18.6 Å². The third-order valence-corrected chi connectivity index (χ3v) is 6.35. The number of hydrogen-bond donors (Lipinski definition) is 2. The highest BCUT2D eigenvalue weighted by Crippen LogP contribution is 2.45. The molecule has 1 unspecified atom stereocenters. The van der Waals surface area contributed by atoms with Gasteiger partial charge in [0.1, 0.15) is 18.4 Å². The quantitative estimate of drug-likeness (QED) is 0.874. The molecule has 2 aliphatic carbocycles. The fourth-order valence-corrected chi connectivity index (χ4v) is 4.56. The highest BCUT2D eigenvalue weighted by Gasteiger charge is 2.36. The summed E-state index contributed by atoms with van der Waals surface area (Å²) in [4.78, 5) is 14.2. The summed E-state index contributed by atoms with van der Waals surface area (Å²) >= 11 is 0. The number of nitrogens with one attached hydrogen (secondary N) is 2. The molecule has 138 valence electrons. The van der Waals surface area contributed by atoms with Crippen molar-refractivity contribution in [3.8, 4) is 5.75 Å². The van der Waals surface area contributed by atoms with Crippen molar-refractivity contribution in [2.24, 2.45) is 5.10 Å². The second-order valence-electron chi connectivity index (χ2n) is 8.00. The Hall–Kier alpha value is -2.24. The molecule has 2 heterocycles. The van der Waals surface area contributed by atoms with Crippen LogP contribution >= 0.6 is 0 Å². The van der Waals surface area contributed by atoms with E-state index in [-0.39, 0.29) is 11.9 Å². The summed E-state index contributed by atoms with van der Waals surface area (Å²) in [5.74, 6) is 2.19. The molecule has 0 radical (unpaired) electrons.